The summed E-state index contributed by atoms with van der Waals surface area (Å²) in [7, 11) is 0. The fraction of sp³-hybridized carbons (Fsp3) is 0.0952. The largest absolute Gasteiger partial charge is 0.506 e. The van der Waals surface area contributed by atoms with Gasteiger partial charge in [0.05, 0.1) is 17.7 Å². The molecule has 0 atom stereocenters. The van der Waals surface area contributed by atoms with Crippen molar-refractivity contribution in [1.82, 2.24) is 24.4 Å². The Hall–Kier alpha value is -7.58. The lowest BCUT2D eigenvalue weighted by Gasteiger charge is -2.25. The van der Waals surface area contributed by atoms with E-state index >= 15 is 0 Å². The predicted molar refractivity (Wildman–Crippen MR) is 209 cm³/mol. The second-order valence-electron chi connectivity index (χ2n) is 12.4. The molecule has 14 nitrogen and oxygen atoms in total. The molecule has 0 aliphatic carbocycles. The molecule has 56 heavy (non-hydrogen) atoms. The molecule has 7 aromatic rings. The maximum atomic E-state index is 11.8. The Morgan fingerprint density at radius 1 is 0.786 bits per heavy atom. The normalized spacial score (nSPS) is 11.8. The van der Waals surface area contributed by atoms with Crippen LogP contribution in [0, 0.1) is 6.92 Å². The quantitative estimate of drug-likeness (QED) is 0.114. The highest BCUT2D eigenvalue weighted by atomic mass is 16.5. The number of anilines is 1. The Kier molecular flexibility index (Phi) is 11.3. The van der Waals surface area contributed by atoms with Crippen molar-refractivity contribution in [1.29, 1.82) is 0 Å². The Labute approximate surface area is 319 Å². The van der Waals surface area contributed by atoms with Crippen molar-refractivity contribution >= 4 is 39.4 Å². The maximum Gasteiger partial charge on any atom is 0.347 e. The van der Waals surface area contributed by atoms with Gasteiger partial charge in [-0.15, -0.1) is 9.46 Å². The van der Waals surface area contributed by atoms with Crippen molar-refractivity contribution in [3.05, 3.63) is 188 Å². The molecule has 1 aliphatic rings. The molecule has 0 saturated carbocycles. The molecule has 282 valence electrons. The summed E-state index contributed by atoms with van der Waals surface area (Å²) in [6, 6.07) is 30.0. The minimum atomic E-state index is -1.07. The van der Waals surface area contributed by atoms with E-state index in [9.17, 15) is 35.1 Å². The number of aromatic hydroxyl groups is 1. The highest BCUT2D eigenvalue weighted by Gasteiger charge is 2.24. The van der Waals surface area contributed by atoms with Gasteiger partial charge in [0.1, 0.15) is 5.75 Å². The second-order valence-corrected chi connectivity index (χ2v) is 12.4. The van der Waals surface area contributed by atoms with E-state index in [0.717, 1.165) is 38.3 Å². The van der Waals surface area contributed by atoms with E-state index in [1.165, 1.54) is 30.0 Å². The van der Waals surface area contributed by atoms with E-state index in [1.54, 1.807) is 25.4 Å². The Balaban J connectivity index is 0.000000143. The molecule has 5 aromatic heterocycles. The van der Waals surface area contributed by atoms with Crippen LogP contribution < -0.4 is 16.2 Å². The van der Waals surface area contributed by atoms with Gasteiger partial charge in [-0.1, -0.05) is 66.7 Å². The van der Waals surface area contributed by atoms with Crippen LogP contribution in [0.15, 0.2) is 144 Å². The zero-order chi connectivity index (χ0) is 39.9. The lowest BCUT2D eigenvalue weighted by molar-refractivity contribution is 0.0515. The van der Waals surface area contributed by atoms with Gasteiger partial charge in [-0.3, -0.25) is 14.8 Å². The monoisotopic (exact) mass is 752 g/mol. The minimum Gasteiger partial charge on any atom is -0.506 e. The topological polar surface area (TPSA) is 193 Å². The van der Waals surface area contributed by atoms with Crippen molar-refractivity contribution in [3.8, 4) is 5.75 Å². The molecular formula is C42H36N6O8. The number of benzene rings is 2. The molecular weight excluding hydrogens is 716 g/mol. The molecule has 0 fully saturated rings. The first kappa shape index (κ1) is 38.2. The highest BCUT2D eigenvalue weighted by Crippen LogP contribution is 2.36. The van der Waals surface area contributed by atoms with Crippen LogP contribution in [0.5, 0.6) is 5.75 Å². The average molecular weight is 753 g/mol. The molecule has 6 heterocycles. The van der Waals surface area contributed by atoms with Crippen molar-refractivity contribution < 1.29 is 30.3 Å². The van der Waals surface area contributed by atoms with Gasteiger partial charge in [-0.25, -0.2) is 24.8 Å². The van der Waals surface area contributed by atoms with Crippen LogP contribution in [-0.4, -0.2) is 57.7 Å². The van der Waals surface area contributed by atoms with E-state index < -0.39 is 28.4 Å². The summed E-state index contributed by atoms with van der Waals surface area (Å²) in [5.41, 5.74) is 4.73. The van der Waals surface area contributed by atoms with Crippen LogP contribution in [0.2, 0.25) is 0 Å². The zero-order valence-electron chi connectivity index (χ0n) is 30.3. The number of ether oxygens (including phenoxy) is 1. The fourth-order valence-electron chi connectivity index (χ4n) is 5.93. The summed E-state index contributed by atoms with van der Waals surface area (Å²) in [5.74, 6) is -1.02. The van der Waals surface area contributed by atoms with Crippen molar-refractivity contribution in [2.24, 2.45) is 0 Å². The molecule has 0 amide bonds. The number of aryl methyl sites for hydroxylation is 1. The van der Waals surface area contributed by atoms with E-state index in [2.05, 4.69) is 26.3 Å². The van der Waals surface area contributed by atoms with Gasteiger partial charge in [-0.2, -0.15) is 0 Å². The standard InChI is InChI=1S/C16H14N2O2.C15H12N2O.C11H10N2O5/c1-11-4-6-12(7-5-11)9-13-10-15(19)18(20)16-14(13)3-2-8-17-16;1-11-10-14(12-6-3-2-4-7-12)13-8-5-9-16-15(13)17(11)18;1-2-18-11(16)7-8(14)6-4-3-5-12-9(6)13(17)10(7)15/h2-8,10,20H,9H2,1H3;2-10,18H,1H2;3-5,14,17H,2H2,1H3. The SMILES string of the molecule is C=C1C=C(c2ccccc2)c2cccnc2N1O.CCOC(=O)c1c(O)c2cccnc2n(O)c1=O.Cc1ccc(Cc2cc(=O)n(O)c3ncccc23)cc1. The van der Waals surface area contributed by atoms with Crippen LogP contribution >= 0.6 is 0 Å². The second kappa shape index (κ2) is 16.6. The van der Waals surface area contributed by atoms with E-state index in [4.69, 9.17) is 0 Å². The fourth-order valence-corrected chi connectivity index (χ4v) is 5.93. The molecule has 0 unspecified atom stereocenters. The Bertz CT molecular complexity index is 2730. The van der Waals surface area contributed by atoms with Crippen LogP contribution in [0.25, 0.3) is 27.6 Å². The van der Waals surface area contributed by atoms with Crippen LogP contribution in [0.1, 0.15) is 45.1 Å². The van der Waals surface area contributed by atoms with Gasteiger partial charge in [0.25, 0.3) is 5.56 Å². The smallest absolute Gasteiger partial charge is 0.347 e. The molecule has 0 saturated heterocycles. The first-order chi connectivity index (χ1) is 27.0. The number of esters is 1. The summed E-state index contributed by atoms with van der Waals surface area (Å²) in [6.45, 7) is 7.48. The number of aromatic nitrogens is 5. The molecule has 2 aromatic carbocycles. The average Bonchev–Trinajstić information content (AvgIpc) is 3.22. The molecule has 4 N–H and O–H groups in total. The number of rotatable bonds is 5. The molecule has 14 heteroatoms. The van der Waals surface area contributed by atoms with Gasteiger partial charge < -0.3 is 20.3 Å². The number of fused-ring (bicyclic) bond motifs is 3. The molecule has 0 bridgehead atoms. The lowest BCUT2D eigenvalue weighted by atomic mass is 9.95. The van der Waals surface area contributed by atoms with E-state index in [1.807, 2.05) is 85.8 Å². The predicted octanol–water partition coefficient (Wildman–Crippen LogP) is 6.29. The van der Waals surface area contributed by atoms with Crippen LogP contribution in [0.4, 0.5) is 5.82 Å². The van der Waals surface area contributed by atoms with Gasteiger partial charge in [-0.05, 0) is 85.0 Å². The number of allylic oxidation sites excluding steroid dienone is 1. The summed E-state index contributed by atoms with van der Waals surface area (Å²) in [6.07, 6.45) is 7.06. The Morgan fingerprint density at radius 3 is 2.09 bits per heavy atom. The maximum absolute atomic E-state index is 11.8. The summed E-state index contributed by atoms with van der Waals surface area (Å²) in [4.78, 5) is 47.1. The van der Waals surface area contributed by atoms with Gasteiger partial charge in [0.2, 0.25) is 0 Å². The summed E-state index contributed by atoms with van der Waals surface area (Å²) < 4.78 is 5.45. The summed E-state index contributed by atoms with van der Waals surface area (Å²) in [5, 5.41) is 41.0. The number of hydroxylamine groups is 1. The number of carbonyl (C=O) groups is 1. The number of hydrogen-bond donors (Lipinski definition) is 4. The highest BCUT2D eigenvalue weighted by molar-refractivity contribution is 5.98. The van der Waals surface area contributed by atoms with Crippen molar-refractivity contribution in [2.75, 3.05) is 11.7 Å². The van der Waals surface area contributed by atoms with Gasteiger partial charge in [0.15, 0.2) is 22.7 Å². The minimum absolute atomic E-state index is 0.0498. The first-order valence-electron chi connectivity index (χ1n) is 17.2. The third kappa shape index (κ3) is 7.85. The van der Waals surface area contributed by atoms with Crippen LogP contribution in [0.3, 0.4) is 0 Å². The number of nitrogens with zero attached hydrogens (tertiary/aromatic N) is 6. The molecule has 8 rings (SSSR count). The third-order valence-electron chi connectivity index (χ3n) is 8.67. The molecule has 0 radical (unpaired) electrons. The third-order valence-corrected chi connectivity index (χ3v) is 8.67. The number of carbonyl (C=O) groups excluding carboxylic acids is 1. The zero-order valence-corrected chi connectivity index (χ0v) is 30.3. The van der Waals surface area contributed by atoms with Gasteiger partial charge in [0, 0.05) is 35.6 Å². The number of pyridine rings is 5. The molecule has 0 spiro atoms. The van der Waals surface area contributed by atoms with Crippen molar-refractivity contribution in [2.45, 2.75) is 20.3 Å². The van der Waals surface area contributed by atoms with Crippen LogP contribution in [-0.2, 0) is 11.2 Å². The molecule has 1 aliphatic heterocycles. The summed E-state index contributed by atoms with van der Waals surface area (Å²) >= 11 is 0. The first-order valence-corrected chi connectivity index (χ1v) is 17.2. The Morgan fingerprint density at radius 2 is 1.41 bits per heavy atom. The number of hydrogen-bond acceptors (Lipinski definition) is 12. The van der Waals surface area contributed by atoms with Crippen molar-refractivity contribution in [3.63, 3.8) is 0 Å². The lowest BCUT2D eigenvalue weighted by Crippen LogP contribution is -2.27. The van der Waals surface area contributed by atoms with Gasteiger partial charge >= 0.3 is 11.5 Å². The van der Waals surface area contributed by atoms with E-state index in [-0.39, 0.29) is 22.4 Å². The van der Waals surface area contributed by atoms with E-state index in [0.29, 0.717) is 28.3 Å².